The molecule has 0 aliphatic rings. The van der Waals surface area contributed by atoms with Gasteiger partial charge in [-0.15, -0.1) is 0 Å². The summed E-state index contributed by atoms with van der Waals surface area (Å²) in [6.45, 7) is 0. The molecule has 4 heteroatoms. The molecule has 0 spiro atoms. The van der Waals surface area contributed by atoms with Gasteiger partial charge in [-0.2, -0.15) is 0 Å². The van der Waals surface area contributed by atoms with E-state index >= 15 is 0 Å². The van der Waals surface area contributed by atoms with Crippen molar-refractivity contribution in [3.8, 4) is 89.9 Å². The Kier molecular flexibility index (Phi) is 9.49. The van der Waals surface area contributed by atoms with E-state index in [0.717, 1.165) is 88.6 Å². The highest BCUT2D eigenvalue weighted by atomic mass is 15.0. The second kappa shape index (κ2) is 16.0. The van der Waals surface area contributed by atoms with Gasteiger partial charge in [-0.05, 0) is 91.7 Å². The number of pyridine rings is 1. The van der Waals surface area contributed by atoms with Crippen LogP contribution in [0.2, 0.25) is 0 Å². The zero-order chi connectivity index (χ0) is 41.2. The molecular weight excluding hydrogens is 753 g/mol. The fraction of sp³-hybridized carbons (Fsp3) is 0. The van der Waals surface area contributed by atoms with Crippen molar-refractivity contribution >= 4 is 21.7 Å². The summed E-state index contributed by atoms with van der Waals surface area (Å²) in [5, 5.41) is 3.45. The van der Waals surface area contributed by atoms with Crippen molar-refractivity contribution in [2.75, 3.05) is 0 Å². The van der Waals surface area contributed by atoms with E-state index in [1.807, 2.05) is 18.2 Å². The number of fused-ring (bicyclic) bond motifs is 3. The number of hydrogen-bond acceptors (Lipinski definition) is 4. The van der Waals surface area contributed by atoms with Crippen LogP contribution in [0.4, 0.5) is 0 Å². The van der Waals surface area contributed by atoms with Crippen molar-refractivity contribution in [1.29, 1.82) is 0 Å². The van der Waals surface area contributed by atoms with Crippen molar-refractivity contribution in [2.24, 2.45) is 0 Å². The summed E-state index contributed by atoms with van der Waals surface area (Å²) in [5.74, 6) is 1.85. The van der Waals surface area contributed by atoms with Crippen molar-refractivity contribution in [3.63, 3.8) is 0 Å². The summed E-state index contributed by atoms with van der Waals surface area (Å²) in [6.07, 6.45) is 0. The molecule has 4 nitrogen and oxygen atoms in total. The van der Waals surface area contributed by atoms with Gasteiger partial charge in [0.15, 0.2) is 17.5 Å². The molecule has 0 aliphatic heterocycles. The lowest BCUT2D eigenvalue weighted by Crippen LogP contribution is -2.00. The monoisotopic (exact) mass is 790 g/mol. The zero-order valence-electron chi connectivity index (χ0n) is 33.7. The Morgan fingerprint density at radius 3 is 1.15 bits per heavy atom. The first-order valence-corrected chi connectivity index (χ1v) is 20.9. The Morgan fingerprint density at radius 1 is 0.242 bits per heavy atom. The van der Waals surface area contributed by atoms with Gasteiger partial charge in [0.2, 0.25) is 0 Å². The molecule has 0 bridgehead atoms. The van der Waals surface area contributed by atoms with Crippen molar-refractivity contribution in [2.45, 2.75) is 0 Å². The summed E-state index contributed by atoms with van der Waals surface area (Å²) >= 11 is 0. The van der Waals surface area contributed by atoms with E-state index in [9.17, 15) is 0 Å². The maximum absolute atomic E-state index is 5.19. The minimum Gasteiger partial charge on any atom is -0.248 e. The molecule has 0 aliphatic carbocycles. The highest BCUT2D eigenvalue weighted by Crippen LogP contribution is 2.39. The van der Waals surface area contributed by atoms with E-state index in [0.29, 0.717) is 17.5 Å². The highest BCUT2D eigenvalue weighted by Gasteiger charge is 2.17. The standard InChI is InChI=1S/C58H38N4/c1-5-16-39(17-6-1)43-24-13-27-48(35-43)56-60-57(49-28-14-25-44(36-49)40-18-7-2-8-19-40)62-58(61-56)50-29-15-26-45(37-50)46-30-32-51-47(34-46)31-33-53-55(51)52(41-20-9-3-10-21-41)38-54(59-53)42-22-11-4-12-23-42/h1-38H. The second-order valence-electron chi connectivity index (χ2n) is 15.5. The van der Waals surface area contributed by atoms with Crippen LogP contribution < -0.4 is 0 Å². The van der Waals surface area contributed by atoms with Gasteiger partial charge < -0.3 is 0 Å². The lowest BCUT2D eigenvalue weighted by Gasteiger charge is -2.14. The molecule has 11 aromatic rings. The number of aromatic nitrogens is 4. The predicted octanol–water partition coefficient (Wildman–Crippen LogP) is 14.9. The Morgan fingerprint density at radius 2 is 0.645 bits per heavy atom. The lowest BCUT2D eigenvalue weighted by atomic mass is 9.93. The fourth-order valence-electron chi connectivity index (χ4n) is 8.39. The van der Waals surface area contributed by atoms with Gasteiger partial charge in [-0.3, -0.25) is 0 Å². The molecule has 62 heavy (non-hydrogen) atoms. The molecule has 0 saturated heterocycles. The van der Waals surface area contributed by atoms with Crippen LogP contribution in [0.5, 0.6) is 0 Å². The number of rotatable bonds is 8. The average molecular weight is 791 g/mol. The smallest absolute Gasteiger partial charge is 0.164 e. The predicted molar refractivity (Wildman–Crippen MR) is 256 cm³/mol. The number of benzene rings is 9. The largest absolute Gasteiger partial charge is 0.248 e. The van der Waals surface area contributed by atoms with Gasteiger partial charge in [-0.25, -0.2) is 19.9 Å². The van der Waals surface area contributed by atoms with Crippen LogP contribution in [0.25, 0.3) is 112 Å². The topological polar surface area (TPSA) is 51.6 Å². The zero-order valence-corrected chi connectivity index (χ0v) is 33.7. The Labute approximate surface area is 360 Å². The van der Waals surface area contributed by atoms with E-state index in [-0.39, 0.29) is 0 Å². The molecule has 0 saturated carbocycles. The lowest BCUT2D eigenvalue weighted by molar-refractivity contribution is 1.07. The second-order valence-corrected chi connectivity index (χ2v) is 15.5. The van der Waals surface area contributed by atoms with Crippen LogP contribution in [-0.2, 0) is 0 Å². The third-order valence-corrected chi connectivity index (χ3v) is 11.5. The minimum atomic E-state index is 0.613. The van der Waals surface area contributed by atoms with Crippen molar-refractivity contribution in [1.82, 2.24) is 19.9 Å². The molecule has 0 N–H and O–H groups in total. The van der Waals surface area contributed by atoms with Crippen LogP contribution in [0, 0.1) is 0 Å². The van der Waals surface area contributed by atoms with Crippen molar-refractivity contribution in [3.05, 3.63) is 231 Å². The molecule has 11 rings (SSSR count). The summed E-state index contributed by atoms with van der Waals surface area (Å²) in [4.78, 5) is 20.7. The maximum atomic E-state index is 5.19. The van der Waals surface area contributed by atoms with Crippen molar-refractivity contribution < 1.29 is 0 Å². The van der Waals surface area contributed by atoms with E-state index in [2.05, 4.69) is 212 Å². The van der Waals surface area contributed by atoms with Crippen LogP contribution in [0.15, 0.2) is 231 Å². The molecule has 290 valence electrons. The third-order valence-electron chi connectivity index (χ3n) is 11.5. The highest BCUT2D eigenvalue weighted by molar-refractivity contribution is 6.14. The first-order valence-electron chi connectivity index (χ1n) is 20.9. The van der Waals surface area contributed by atoms with E-state index < -0.39 is 0 Å². The molecule has 0 radical (unpaired) electrons. The first-order chi connectivity index (χ1) is 30.7. The molecule has 0 fully saturated rings. The normalized spacial score (nSPS) is 11.2. The van der Waals surface area contributed by atoms with Crippen LogP contribution in [0.1, 0.15) is 0 Å². The molecule has 0 unspecified atom stereocenters. The summed E-state index contributed by atoms with van der Waals surface area (Å²) in [7, 11) is 0. The maximum Gasteiger partial charge on any atom is 0.164 e. The summed E-state index contributed by atoms with van der Waals surface area (Å²) in [5.41, 5.74) is 14.8. The average Bonchev–Trinajstić information content (AvgIpc) is 3.37. The minimum absolute atomic E-state index is 0.613. The van der Waals surface area contributed by atoms with Gasteiger partial charge in [0.1, 0.15) is 0 Å². The molecule has 2 heterocycles. The quantitative estimate of drug-likeness (QED) is 0.144. The summed E-state index contributed by atoms with van der Waals surface area (Å²) < 4.78 is 0. The van der Waals surface area contributed by atoms with Gasteiger partial charge >= 0.3 is 0 Å². The first kappa shape index (κ1) is 36.7. The Balaban J connectivity index is 1.02. The van der Waals surface area contributed by atoms with E-state index in [1.165, 1.54) is 5.56 Å². The summed E-state index contributed by atoms with van der Waals surface area (Å²) in [6, 6.07) is 80.6. The molecule has 0 amide bonds. The van der Waals surface area contributed by atoms with Crippen LogP contribution in [0.3, 0.4) is 0 Å². The van der Waals surface area contributed by atoms with Gasteiger partial charge in [-0.1, -0.05) is 194 Å². The van der Waals surface area contributed by atoms with Gasteiger partial charge in [0.25, 0.3) is 0 Å². The van der Waals surface area contributed by atoms with Crippen LogP contribution >= 0.6 is 0 Å². The third kappa shape index (κ3) is 7.20. The fourth-order valence-corrected chi connectivity index (χ4v) is 8.39. The van der Waals surface area contributed by atoms with Gasteiger partial charge in [0, 0.05) is 27.6 Å². The number of hydrogen-bond donors (Lipinski definition) is 0. The SMILES string of the molecule is c1ccc(-c2cccc(-c3nc(-c4cccc(-c5ccccc5)c4)nc(-c4cccc(-c5ccc6c(ccc7nc(-c8ccccc8)cc(-c8ccccc8)c76)c5)c4)n3)c2)cc1. The van der Waals surface area contributed by atoms with Gasteiger partial charge in [0.05, 0.1) is 11.2 Å². The van der Waals surface area contributed by atoms with Crippen LogP contribution in [-0.4, -0.2) is 19.9 Å². The number of nitrogens with zero attached hydrogens (tertiary/aromatic N) is 4. The molecule has 0 atom stereocenters. The Bertz CT molecular complexity index is 3280. The Hall–Kier alpha value is -8.34. The molecule has 2 aromatic heterocycles. The van der Waals surface area contributed by atoms with E-state index in [1.54, 1.807) is 0 Å². The molecular formula is C58H38N4. The molecule has 9 aromatic carbocycles. The van der Waals surface area contributed by atoms with E-state index in [4.69, 9.17) is 19.9 Å².